The van der Waals surface area contributed by atoms with E-state index in [-0.39, 0.29) is 19.0 Å². The number of ether oxygens (including phenoxy) is 1. The molecule has 1 aromatic rings. The minimum atomic E-state index is -0.446. The molecule has 17 heavy (non-hydrogen) atoms. The number of nitrogens with one attached hydrogen (secondary N) is 1. The molecule has 1 rings (SSSR count). The molecular weight excluding hydrogens is 226 g/mol. The number of tetrazole rings is 1. The molecular formula is C9H15N5O3. The van der Waals surface area contributed by atoms with E-state index in [0.29, 0.717) is 6.54 Å². The highest BCUT2D eigenvalue weighted by Crippen LogP contribution is 1.99. The number of carbonyl (C=O) groups excluding carboxylic acids is 2. The van der Waals surface area contributed by atoms with Crippen LogP contribution < -0.4 is 0 Å². The Kier molecular flexibility index (Phi) is 5.05. The van der Waals surface area contributed by atoms with Gasteiger partial charge in [-0.25, -0.2) is 0 Å². The largest absolute Gasteiger partial charge is 0.465 e. The molecule has 0 aliphatic heterocycles. The van der Waals surface area contributed by atoms with Crippen molar-refractivity contribution in [3.63, 3.8) is 0 Å². The van der Waals surface area contributed by atoms with Crippen LogP contribution in [0.3, 0.4) is 0 Å². The maximum atomic E-state index is 11.9. The van der Waals surface area contributed by atoms with Gasteiger partial charge in [-0.05, 0) is 18.6 Å². The van der Waals surface area contributed by atoms with Gasteiger partial charge in [0.25, 0.3) is 11.7 Å². The molecule has 0 aliphatic carbocycles. The van der Waals surface area contributed by atoms with Crippen LogP contribution in [0.25, 0.3) is 0 Å². The van der Waals surface area contributed by atoms with E-state index in [2.05, 4.69) is 20.6 Å². The molecule has 0 aliphatic rings. The molecule has 1 aromatic heterocycles. The Balaban J connectivity index is 2.65. The molecule has 0 fully saturated rings. The molecule has 0 saturated heterocycles. The van der Waals surface area contributed by atoms with E-state index in [1.807, 2.05) is 6.92 Å². The Morgan fingerprint density at radius 3 is 2.71 bits per heavy atom. The fourth-order valence-electron chi connectivity index (χ4n) is 1.28. The molecule has 1 heterocycles. The zero-order valence-electron chi connectivity index (χ0n) is 9.84. The Bertz CT molecular complexity index is 365. The van der Waals surface area contributed by atoms with Crippen LogP contribution in [0.2, 0.25) is 0 Å². The Morgan fingerprint density at radius 2 is 2.18 bits per heavy atom. The number of carbonyl (C=O) groups is 2. The summed E-state index contributed by atoms with van der Waals surface area (Å²) in [5.74, 6) is -0.936. The zero-order valence-corrected chi connectivity index (χ0v) is 9.84. The first-order chi connectivity index (χ1) is 8.19. The van der Waals surface area contributed by atoms with Crippen LogP contribution in [0.1, 0.15) is 30.9 Å². The molecule has 0 radical (unpaired) electrons. The molecule has 1 amide bonds. The van der Waals surface area contributed by atoms with E-state index >= 15 is 0 Å². The van der Waals surface area contributed by atoms with Crippen LogP contribution in [-0.4, -0.2) is 57.1 Å². The highest BCUT2D eigenvalue weighted by Gasteiger charge is 2.21. The van der Waals surface area contributed by atoms with Crippen molar-refractivity contribution >= 4 is 11.9 Å². The van der Waals surface area contributed by atoms with Crippen LogP contribution in [0.5, 0.6) is 0 Å². The number of aromatic amines is 1. The van der Waals surface area contributed by atoms with E-state index in [1.54, 1.807) is 6.92 Å². The summed E-state index contributed by atoms with van der Waals surface area (Å²) in [4.78, 5) is 24.5. The van der Waals surface area contributed by atoms with Crippen molar-refractivity contribution in [3.8, 4) is 0 Å². The van der Waals surface area contributed by atoms with Crippen LogP contribution in [0, 0.1) is 0 Å². The van der Waals surface area contributed by atoms with E-state index in [1.165, 1.54) is 4.90 Å². The number of nitrogens with zero attached hydrogens (tertiary/aromatic N) is 4. The molecule has 0 atom stereocenters. The molecule has 94 valence electrons. The number of rotatable bonds is 6. The molecule has 0 saturated carbocycles. The lowest BCUT2D eigenvalue weighted by Crippen LogP contribution is -2.37. The van der Waals surface area contributed by atoms with Crippen molar-refractivity contribution in [2.45, 2.75) is 20.3 Å². The third-order valence-electron chi connectivity index (χ3n) is 1.94. The molecule has 0 aromatic carbocycles. The van der Waals surface area contributed by atoms with Gasteiger partial charge in [-0.1, -0.05) is 6.92 Å². The number of hydrogen-bond acceptors (Lipinski definition) is 6. The number of amides is 1. The summed E-state index contributed by atoms with van der Waals surface area (Å²) in [7, 11) is 0. The SMILES string of the molecule is CCCN(CC(=O)OCC)C(=O)c1nn[nH]n1. The summed E-state index contributed by atoms with van der Waals surface area (Å²) in [5, 5.41) is 12.7. The summed E-state index contributed by atoms with van der Waals surface area (Å²) < 4.78 is 4.79. The fourth-order valence-corrected chi connectivity index (χ4v) is 1.28. The number of hydrogen-bond donors (Lipinski definition) is 1. The zero-order chi connectivity index (χ0) is 12.7. The Labute approximate surface area is 98.3 Å². The van der Waals surface area contributed by atoms with Gasteiger partial charge in [0.1, 0.15) is 6.54 Å². The summed E-state index contributed by atoms with van der Waals surface area (Å²) >= 11 is 0. The lowest BCUT2D eigenvalue weighted by atomic mass is 10.3. The number of aromatic nitrogens is 4. The molecule has 8 nitrogen and oxygen atoms in total. The minimum Gasteiger partial charge on any atom is -0.465 e. The van der Waals surface area contributed by atoms with Gasteiger partial charge >= 0.3 is 5.97 Å². The van der Waals surface area contributed by atoms with Gasteiger partial charge < -0.3 is 9.64 Å². The average Bonchev–Trinajstić information content (AvgIpc) is 2.81. The van der Waals surface area contributed by atoms with Gasteiger partial charge in [0.15, 0.2) is 0 Å². The molecule has 0 spiro atoms. The van der Waals surface area contributed by atoms with Gasteiger partial charge in [0, 0.05) is 6.54 Å². The number of H-pyrrole nitrogens is 1. The monoisotopic (exact) mass is 241 g/mol. The lowest BCUT2D eigenvalue weighted by Gasteiger charge is -2.18. The van der Waals surface area contributed by atoms with Crippen molar-refractivity contribution in [3.05, 3.63) is 5.82 Å². The average molecular weight is 241 g/mol. The van der Waals surface area contributed by atoms with E-state index in [9.17, 15) is 9.59 Å². The van der Waals surface area contributed by atoms with Crippen molar-refractivity contribution in [2.75, 3.05) is 19.7 Å². The van der Waals surface area contributed by atoms with Crippen LogP contribution in [0.15, 0.2) is 0 Å². The minimum absolute atomic E-state index is 0.0530. The van der Waals surface area contributed by atoms with Crippen LogP contribution in [0.4, 0.5) is 0 Å². The molecule has 8 heteroatoms. The maximum absolute atomic E-state index is 11.9. The summed E-state index contributed by atoms with van der Waals surface area (Å²) in [6, 6.07) is 0. The summed E-state index contributed by atoms with van der Waals surface area (Å²) in [6.45, 7) is 4.24. The van der Waals surface area contributed by atoms with Crippen molar-refractivity contribution in [1.82, 2.24) is 25.5 Å². The summed E-state index contributed by atoms with van der Waals surface area (Å²) in [6.07, 6.45) is 0.725. The highest BCUT2D eigenvalue weighted by molar-refractivity contribution is 5.92. The smallest absolute Gasteiger partial charge is 0.325 e. The second-order valence-corrected chi connectivity index (χ2v) is 3.27. The number of esters is 1. The van der Waals surface area contributed by atoms with Crippen molar-refractivity contribution in [2.24, 2.45) is 0 Å². The van der Waals surface area contributed by atoms with E-state index in [4.69, 9.17) is 4.74 Å². The van der Waals surface area contributed by atoms with E-state index < -0.39 is 11.9 Å². The van der Waals surface area contributed by atoms with Gasteiger partial charge in [0.2, 0.25) is 0 Å². The van der Waals surface area contributed by atoms with Crippen LogP contribution >= 0.6 is 0 Å². The third-order valence-corrected chi connectivity index (χ3v) is 1.94. The highest BCUT2D eigenvalue weighted by atomic mass is 16.5. The third kappa shape index (κ3) is 3.82. The second kappa shape index (κ2) is 6.56. The van der Waals surface area contributed by atoms with Crippen LogP contribution in [-0.2, 0) is 9.53 Å². The molecule has 1 N–H and O–H groups in total. The topological polar surface area (TPSA) is 101 Å². The van der Waals surface area contributed by atoms with Gasteiger partial charge in [-0.15, -0.1) is 10.2 Å². The standard InChI is InChI=1S/C9H15N5O3/c1-3-5-14(6-7(15)17-4-2)9(16)8-10-12-13-11-8/h3-6H2,1-2H3,(H,10,11,12,13). The maximum Gasteiger partial charge on any atom is 0.325 e. The summed E-state index contributed by atoms with van der Waals surface area (Å²) in [5.41, 5.74) is 0. The Hall–Kier alpha value is -1.99. The first-order valence-corrected chi connectivity index (χ1v) is 5.37. The van der Waals surface area contributed by atoms with Gasteiger partial charge in [-0.2, -0.15) is 5.21 Å². The van der Waals surface area contributed by atoms with E-state index in [0.717, 1.165) is 6.42 Å². The normalized spacial score (nSPS) is 10.0. The predicted molar refractivity (Wildman–Crippen MR) is 57.0 cm³/mol. The fraction of sp³-hybridized carbons (Fsp3) is 0.667. The second-order valence-electron chi connectivity index (χ2n) is 3.27. The predicted octanol–water partition coefficient (Wildman–Crippen LogP) is -0.385. The van der Waals surface area contributed by atoms with Crippen molar-refractivity contribution < 1.29 is 14.3 Å². The molecule has 0 unspecified atom stereocenters. The van der Waals surface area contributed by atoms with Crippen molar-refractivity contribution in [1.29, 1.82) is 0 Å². The first kappa shape index (κ1) is 13.1. The Morgan fingerprint density at radius 1 is 1.41 bits per heavy atom. The van der Waals surface area contributed by atoms with Gasteiger partial charge in [0.05, 0.1) is 6.61 Å². The van der Waals surface area contributed by atoms with Gasteiger partial charge in [-0.3, -0.25) is 9.59 Å². The lowest BCUT2D eigenvalue weighted by molar-refractivity contribution is -0.143. The first-order valence-electron chi connectivity index (χ1n) is 5.37. The quantitative estimate of drug-likeness (QED) is 0.681. The molecule has 0 bridgehead atoms.